The summed E-state index contributed by atoms with van der Waals surface area (Å²) in [6.45, 7) is 0. The van der Waals surface area contributed by atoms with Gasteiger partial charge < -0.3 is 0 Å². The van der Waals surface area contributed by atoms with Crippen LogP contribution in [0.5, 0.6) is 0 Å². The highest BCUT2D eigenvalue weighted by Crippen LogP contribution is 2.37. The molecule has 0 saturated heterocycles. The number of pyridine rings is 1. The van der Waals surface area contributed by atoms with E-state index in [2.05, 4.69) is 45.6 Å². The Morgan fingerprint density at radius 3 is 2.95 bits per heavy atom. The summed E-state index contributed by atoms with van der Waals surface area (Å²) >= 11 is 0. The molecule has 1 fully saturated rings. The zero-order valence-corrected chi connectivity index (χ0v) is 10.9. The third-order valence-corrected chi connectivity index (χ3v) is 4.37. The molecule has 2 aromatic rings. The van der Waals surface area contributed by atoms with Crippen molar-refractivity contribution in [3.05, 3.63) is 36.7 Å². The van der Waals surface area contributed by atoms with Gasteiger partial charge in [-0.25, -0.2) is 0 Å². The Morgan fingerprint density at radius 1 is 1.05 bits per heavy atom. The van der Waals surface area contributed by atoms with Gasteiger partial charge in [0.15, 0.2) is 0 Å². The van der Waals surface area contributed by atoms with Gasteiger partial charge in [-0.05, 0) is 12.8 Å². The normalized spacial score (nSPS) is 25.8. The standard InChI is InChI=1S/C16H17N3/c1-3-7-14-12(5-1)9-17-11-16(14)19-15-8-4-2-6-13(15)10-18-19/h1,3,5,7,9-11,13,15H,2,4,6,8H2. The number of fused-ring (bicyclic) bond motifs is 2. The van der Waals surface area contributed by atoms with Crippen molar-refractivity contribution in [3.63, 3.8) is 0 Å². The zero-order chi connectivity index (χ0) is 12.7. The average Bonchev–Trinajstić information content (AvgIpc) is 2.90. The van der Waals surface area contributed by atoms with E-state index in [1.807, 2.05) is 12.4 Å². The molecule has 3 nitrogen and oxygen atoms in total. The van der Waals surface area contributed by atoms with Gasteiger partial charge >= 0.3 is 0 Å². The predicted octanol–water partition coefficient (Wildman–Crippen LogP) is 3.60. The summed E-state index contributed by atoms with van der Waals surface area (Å²) in [5.74, 6) is 0.632. The van der Waals surface area contributed by atoms with Gasteiger partial charge in [-0.3, -0.25) is 9.99 Å². The van der Waals surface area contributed by atoms with E-state index in [1.54, 1.807) is 0 Å². The lowest BCUT2D eigenvalue weighted by Crippen LogP contribution is -2.34. The van der Waals surface area contributed by atoms with E-state index in [1.165, 1.54) is 36.5 Å². The Labute approximate surface area is 113 Å². The van der Waals surface area contributed by atoms with Gasteiger partial charge in [-0.1, -0.05) is 37.1 Å². The van der Waals surface area contributed by atoms with Crippen LogP contribution in [0.1, 0.15) is 25.7 Å². The lowest BCUT2D eigenvalue weighted by Gasteiger charge is -2.31. The molecule has 19 heavy (non-hydrogen) atoms. The Balaban J connectivity index is 1.80. The smallest absolute Gasteiger partial charge is 0.0858 e. The van der Waals surface area contributed by atoms with Crippen LogP contribution in [0.2, 0.25) is 0 Å². The number of anilines is 1. The number of rotatable bonds is 1. The first-order valence-electron chi connectivity index (χ1n) is 7.09. The summed E-state index contributed by atoms with van der Waals surface area (Å²) < 4.78 is 0. The second-order valence-corrected chi connectivity index (χ2v) is 5.50. The van der Waals surface area contributed by atoms with Crippen LogP contribution in [-0.2, 0) is 0 Å². The van der Waals surface area contributed by atoms with Crippen LogP contribution in [0.15, 0.2) is 41.8 Å². The molecule has 0 N–H and O–H groups in total. The van der Waals surface area contributed by atoms with Gasteiger partial charge in [0.25, 0.3) is 0 Å². The van der Waals surface area contributed by atoms with Crippen LogP contribution in [-0.4, -0.2) is 17.2 Å². The predicted molar refractivity (Wildman–Crippen MR) is 78.5 cm³/mol. The summed E-state index contributed by atoms with van der Waals surface area (Å²) in [5.41, 5.74) is 1.16. The van der Waals surface area contributed by atoms with E-state index in [-0.39, 0.29) is 0 Å². The highest BCUT2D eigenvalue weighted by molar-refractivity contribution is 5.94. The molecule has 2 heterocycles. The van der Waals surface area contributed by atoms with Gasteiger partial charge in [0.1, 0.15) is 0 Å². The minimum atomic E-state index is 0.543. The molecule has 4 rings (SSSR count). The molecular weight excluding hydrogens is 234 g/mol. The first kappa shape index (κ1) is 11.0. The van der Waals surface area contributed by atoms with Crippen molar-refractivity contribution < 1.29 is 0 Å². The maximum Gasteiger partial charge on any atom is 0.0858 e. The molecule has 1 aromatic heterocycles. The summed E-state index contributed by atoms with van der Waals surface area (Å²) in [6.07, 6.45) is 11.2. The molecule has 96 valence electrons. The van der Waals surface area contributed by atoms with Crippen molar-refractivity contribution in [1.82, 2.24) is 4.98 Å². The number of benzene rings is 1. The fraction of sp³-hybridized carbons (Fsp3) is 0.375. The van der Waals surface area contributed by atoms with Gasteiger partial charge in [0.05, 0.1) is 17.9 Å². The molecule has 2 unspecified atom stereocenters. The van der Waals surface area contributed by atoms with Crippen LogP contribution in [0.25, 0.3) is 10.8 Å². The lowest BCUT2D eigenvalue weighted by atomic mass is 9.86. The van der Waals surface area contributed by atoms with Crippen molar-refractivity contribution in [3.8, 4) is 0 Å². The van der Waals surface area contributed by atoms with Crippen LogP contribution in [0.4, 0.5) is 5.69 Å². The molecular formula is C16H17N3. The van der Waals surface area contributed by atoms with Gasteiger partial charge in [0.2, 0.25) is 0 Å². The lowest BCUT2D eigenvalue weighted by molar-refractivity contribution is 0.386. The van der Waals surface area contributed by atoms with E-state index < -0.39 is 0 Å². The quantitative estimate of drug-likeness (QED) is 0.774. The minimum Gasteiger partial charge on any atom is -0.262 e. The monoisotopic (exact) mass is 251 g/mol. The van der Waals surface area contributed by atoms with E-state index in [4.69, 9.17) is 0 Å². The van der Waals surface area contributed by atoms with Gasteiger partial charge in [-0.15, -0.1) is 0 Å². The zero-order valence-electron chi connectivity index (χ0n) is 10.9. The number of nitrogens with zero attached hydrogens (tertiary/aromatic N) is 3. The largest absolute Gasteiger partial charge is 0.262 e. The SMILES string of the molecule is C1=NN(c2cncc3ccccc23)C2CCCCC12. The van der Waals surface area contributed by atoms with Gasteiger partial charge in [-0.2, -0.15) is 5.10 Å². The van der Waals surface area contributed by atoms with Crippen LogP contribution >= 0.6 is 0 Å². The molecule has 2 atom stereocenters. The molecule has 1 aliphatic heterocycles. The first-order valence-corrected chi connectivity index (χ1v) is 7.09. The van der Waals surface area contributed by atoms with Crippen molar-refractivity contribution in [2.24, 2.45) is 11.0 Å². The summed E-state index contributed by atoms with van der Waals surface area (Å²) in [7, 11) is 0. The second-order valence-electron chi connectivity index (χ2n) is 5.50. The van der Waals surface area contributed by atoms with Crippen molar-refractivity contribution in [2.75, 3.05) is 5.01 Å². The van der Waals surface area contributed by atoms with Crippen LogP contribution in [0.3, 0.4) is 0 Å². The molecule has 1 aliphatic carbocycles. The highest BCUT2D eigenvalue weighted by Gasteiger charge is 2.34. The topological polar surface area (TPSA) is 28.5 Å². The van der Waals surface area contributed by atoms with Crippen LogP contribution in [0, 0.1) is 5.92 Å². The second kappa shape index (κ2) is 4.34. The highest BCUT2D eigenvalue weighted by atomic mass is 15.5. The minimum absolute atomic E-state index is 0.543. The fourth-order valence-corrected chi connectivity index (χ4v) is 3.38. The first-order chi connectivity index (χ1) is 9.43. The maximum absolute atomic E-state index is 4.67. The molecule has 1 saturated carbocycles. The van der Waals surface area contributed by atoms with Gasteiger partial charge in [0, 0.05) is 29.1 Å². The number of hydrazone groups is 1. The summed E-state index contributed by atoms with van der Waals surface area (Å²) in [4.78, 5) is 4.38. The molecule has 1 aromatic carbocycles. The molecule has 0 radical (unpaired) electrons. The summed E-state index contributed by atoms with van der Waals surface area (Å²) in [5, 5.41) is 9.32. The Kier molecular flexibility index (Phi) is 2.50. The number of hydrogen-bond donors (Lipinski definition) is 0. The third-order valence-electron chi connectivity index (χ3n) is 4.37. The van der Waals surface area contributed by atoms with Crippen molar-refractivity contribution >= 4 is 22.7 Å². The maximum atomic E-state index is 4.67. The van der Waals surface area contributed by atoms with E-state index in [9.17, 15) is 0 Å². The molecule has 3 heteroatoms. The van der Waals surface area contributed by atoms with E-state index in [0.717, 1.165) is 5.69 Å². The molecule has 0 amide bonds. The summed E-state index contributed by atoms with van der Waals surface area (Å²) in [6, 6.07) is 8.97. The Hall–Kier alpha value is -1.90. The number of aromatic nitrogens is 1. The van der Waals surface area contributed by atoms with Crippen LogP contribution < -0.4 is 5.01 Å². The average molecular weight is 251 g/mol. The number of hydrogen-bond acceptors (Lipinski definition) is 3. The van der Waals surface area contributed by atoms with Crippen molar-refractivity contribution in [2.45, 2.75) is 31.7 Å². The molecule has 0 spiro atoms. The Bertz CT molecular complexity index is 629. The van der Waals surface area contributed by atoms with E-state index >= 15 is 0 Å². The molecule has 2 aliphatic rings. The fourth-order valence-electron chi connectivity index (χ4n) is 3.38. The van der Waals surface area contributed by atoms with Crippen molar-refractivity contribution in [1.29, 1.82) is 0 Å². The molecule has 0 bridgehead atoms. The third kappa shape index (κ3) is 1.72. The van der Waals surface area contributed by atoms with E-state index in [0.29, 0.717) is 12.0 Å². The Morgan fingerprint density at radius 2 is 1.95 bits per heavy atom.